The molecule has 0 radical (unpaired) electrons. The monoisotopic (exact) mass is 237 g/mol. The largest absolute Gasteiger partial charge is 0.491 e. The molecule has 17 heavy (non-hydrogen) atoms. The second-order valence-corrected chi connectivity index (χ2v) is 4.75. The van der Waals surface area contributed by atoms with E-state index in [2.05, 4.69) is 0 Å². The molecule has 96 valence electrons. The van der Waals surface area contributed by atoms with E-state index in [0.29, 0.717) is 13.0 Å². The van der Waals surface area contributed by atoms with Gasteiger partial charge in [-0.05, 0) is 57.4 Å². The van der Waals surface area contributed by atoms with Crippen molar-refractivity contribution >= 4 is 0 Å². The fourth-order valence-electron chi connectivity index (χ4n) is 1.87. The van der Waals surface area contributed by atoms with E-state index < -0.39 is 0 Å². The fourth-order valence-corrected chi connectivity index (χ4v) is 1.87. The average Bonchev–Trinajstić information content (AvgIpc) is 2.26. The van der Waals surface area contributed by atoms with E-state index in [4.69, 9.17) is 10.5 Å². The van der Waals surface area contributed by atoms with Crippen molar-refractivity contribution in [1.29, 1.82) is 0 Å². The highest BCUT2D eigenvalue weighted by Gasteiger charge is 2.12. The van der Waals surface area contributed by atoms with Gasteiger partial charge >= 0.3 is 0 Å². The Kier molecular flexibility index (Phi) is 5.45. The Hall–Kier alpha value is -1.06. The summed E-state index contributed by atoms with van der Waals surface area (Å²) in [5, 5.41) is 9.41. The lowest BCUT2D eigenvalue weighted by molar-refractivity contribution is 0.175. The topological polar surface area (TPSA) is 55.5 Å². The molecule has 3 N–H and O–H groups in total. The Morgan fingerprint density at radius 2 is 1.76 bits per heavy atom. The Balaban J connectivity index is 2.70. The van der Waals surface area contributed by atoms with Gasteiger partial charge in [0, 0.05) is 0 Å². The van der Waals surface area contributed by atoms with Crippen LogP contribution in [0.25, 0.3) is 0 Å². The maximum absolute atomic E-state index is 9.41. The summed E-state index contributed by atoms with van der Waals surface area (Å²) in [6.45, 7) is 6.35. The SMILES string of the molecule is CC(O)CC(CN)c1ccc(OC(C)C)cc1. The summed E-state index contributed by atoms with van der Waals surface area (Å²) in [5.74, 6) is 1.08. The summed E-state index contributed by atoms with van der Waals surface area (Å²) < 4.78 is 5.58. The van der Waals surface area contributed by atoms with E-state index in [1.165, 1.54) is 0 Å². The van der Waals surface area contributed by atoms with Gasteiger partial charge in [-0.15, -0.1) is 0 Å². The quantitative estimate of drug-likeness (QED) is 0.798. The third-order valence-corrected chi connectivity index (χ3v) is 2.63. The Morgan fingerprint density at radius 1 is 1.18 bits per heavy atom. The third kappa shape index (κ3) is 4.75. The molecule has 0 aromatic heterocycles. The van der Waals surface area contributed by atoms with E-state index in [0.717, 1.165) is 11.3 Å². The second kappa shape index (κ2) is 6.62. The van der Waals surface area contributed by atoms with Gasteiger partial charge in [-0.3, -0.25) is 0 Å². The Morgan fingerprint density at radius 3 is 2.18 bits per heavy atom. The zero-order valence-corrected chi connectivity index (χ0v) is 10.9. The molecule has 0 fully saturated rings. The highest BCUT2D eigenvalue weighted by molar-refractivity contribution is 5.29. The first-order chi connectivity index (χ1) is 8.02. The van der Waals surface area contributed by atoms with Crippen LogP contribution >= 0.6 is 0 Å². The van der Waals surface area contributed by atoms with Gasteiger partial charge in [-0.25, -0.2) is 0 Å². The summed E-state index contributed by atoms with van der Waals surface area (Å²) in [5.41, 5.74) is 6.89. The van der Waals surface area contributed by atoms with Gasteiger partial charge in [-0.1, -0.05) is 12.1 Å². The van der Waals surface area contributed by atoms with Gasteiger partial charge < -0.3 is 15.6 Å². The summed E-state index contributed by atoms with van der Waals surface area (Å²) >= 11 is 0. The zero-order chi connectivity index (χ0) is 12.8. The lowest BCUT2D eigenvalue weighted by Gasteiger charge is -2.17. The molecule has 1 aromatic rings. The van der Waals surface area contributed by atoms with Crippen LogP contribution in [-0.4, -0.2) is 23.9 Å². The molecule has 1 rings (SSSR count). The molecular weight excluding hydrogens is 214 g/mol. The Bertz CT molecular complexity index is 319. The van der Waals surface area contributed by atoms with Crippen molar-refractivity contribution in [2.24, 2.45) is 5.73 Å². The molecule has 0 aliphatic rings. The maximum Gasteiger partial charge on any atom is 0.119 e. The smallest absolute Gasteiger partial charge is 0.119 e. The maximum atomic E-state index is 9.41. The van der Waals surface area contributed by atoms with Crippen LogP contribution in [0.5, 0.6) is 5.75 Å². The predicted octanol–water partition coefficient (Wildman–Crippen LogP) is 2.29. The zero-order valence-electron chi connectivity index (χ0n) is 10.9. The molecule has 0 amide bonds. The third-order valence-electron chi connectivity index (χ3n) is 2.63. The molecule has 0 spiro atoms. The number of hydrogen-bond donors (Lipinski definition) is 2. The summed E-state index contributed by atoms with van der Waals surface area (Å²) in [4.78, 5) is 0. The van der Waals surface area contributed by atoms with Crippen LogP contribution in [0.2, 0.25) is 0 Å². The average molecular weight is 237 g/mol. The number of ether oxygens (including phenoxy) is 1. The first-order valence-corrected chi connectivity index (χ1v) is 6.17. The van der Waals surface area contributed by atoms with E-state index in [9.17, 15) is 5.11 Å². The molecule has 3 heteroatoms. The van der Waals surface area contributed by atoms with Crippen LogP contribution in [0.3, 0.4) is 0 Å². The van der Waals surface area contributed by atoms with Crippen LogP contribution in [0.4, 0.5) is 0 Å². The molecular formula is C14H23NO2. The van der Waals surface area contributed by atoms with Crippen molar-refractivity contribution in [1.82, 2.24) is 0 Å². The number of nitrogens with two attached hydrogens (primary N) is 1. The lowest BCUT2D eigenvalue weighted by atomic mass is 9.93. The van der Waals surface area contributed by atoms with Gasteiger partial charge in [0.25, 0.3) is 0 Å². The van der Waals surface area contributed by atoms with Crippen LogP contribution in [0, 0.1) is 0 Å². The van der Waals surface area contributed by atoms with Gasteiger partial charge in [0.2, 0.25) is 0 Å². The summed E-state index contributed by atoms with van der Waals surface area (Å²) in [7, 11) is 0. The molecule has 0 saturated carbocycles. The Labute approximate surface area is 104 Å². The molecule has 2 atom stereocenters. The van der Waals surface area contributed by atoms with Crippen LogP contribution < -0.4 is 10.5 Å². The van der Waals surface area contributed by atoms with Gasteiger partial charge in [-0.2, -0.15) is 0 Å². The van der Waals surface area contributed by atoms with Crippen molar-refractivity contribution in [2.45, 2.75) is 45.3 Å². The molecule has 0 aliphatic heterocycles. The number of rotatable bonds is 6. The number of benzene rings is 1. The molecule has 0 bridgehead atoms. The highest BCUT2D eigenvalue weighted by atomic mass is 16.5. The molecule has 0 aliphatic carbocycles. The molecule has 0 saturated heterocycles. The lowest BCUT2D eigenvalue weighted by Crippen LogP contribution is -2.17. The predicted molar refractivity (Wildman–Crippen MR) is 70.3 cm³/mol. The molecule has 0 heterocycles. The van der Waals surface area contributed by atoms with Gasteiger partial charge in [0.05, 0.1) is 12.2 Å². The second-order valence-electron chi connectivity index (χ2n) is 4.75. The number of aliphatic hydroxyl groups is 1. The van der Waals surface area contributed by atoms with Gasteiger partial charge in [0.1, 0.15) is 5.75 Å². The van der Waals surface area contributed by atoms with Crippen LogP contribution in [0.1, 0.15) is 38.7 Å². The van der Waals surface area contributed by atoms with Crippen molar-refractivity contribution in [3.05, 3.63) is 29.8 Å². The van der Waals surface area contributed by atoms with Gasteiger partial charge in [0.15, 0.2) is 0 Å². The highest BCUT2D eigenvalue weighted by Crippen LogP contribution is 2.23. The van der Waals surface area contributed by atoms with Crippen LogP contribution in [0.15, 0.2) is 24.3 Å². The van der Waals surface area contributed by atoms with E-state index in [1.54, 1.807) is 6.92 Å². The van der Waals surface area contributed by atoms with Crippen molar-refractivity contribution in [3.8, 4) is 5.75 Å². The van der Waals surface area contributed by atoms with E-state index >= 15 is 0 Å². The standard InChI is InChI=1S/C14H23NO2/c1-10(2)17-14-6-4-12(5-7-14)13(9-15)8-11(3)16/h4-7,10-11,13,16H,8-9,15H2,1-3H3. The first kappa shape index (κ1) is 14.0. The molecule has 2 unspecified atom stereocenters. The van der Waals surface area contributed by atoms with Crippen molar-refractivity contribution < 1.29 is 9.84 Å². The normalized spacial score (nSPS) is 14.7. The number of aliphatic hydroxyl groups excluding tert-OH is 1. The summed E-state index contributed by atoms with van der Waals surface area (Å²) in [6.07, 6.45) is 0.555. The first-order valence-electron chi connectivity index (χ1n) is 6.17. The van der Waals surface area contributed by atoms with Crippen molar-refractivity contribution in [2.75, 3.05) is 6.54 Å². The van der Waals surface area contributed by atoms with E-state index in [1.807, 2.05) is 38.1 Å². The number of hydrogen-bond acceptors (Lipinski definition) is 3. The van der Waals surface area contributed by atoms with Crippen molar-refractivity contribution in [3.63, 3.8) is 0 Å². The summed E-state index contributed by atoms with van der Waals surface area (Å²) in [6, 6.07) is 7.97. The fraction of sp³-hybridized carbons (Fsp3) is 0.571. The minimum Gasteiger partial charge on any atom is -0.491 e. The molecule has 3 nitrogen and oxygen atoms in total. The minimum absolute atomic E-state index is 0.184. The van der Waals surface area contributed by atoms with Crippen LogP contribution in [-0.2, 0) is 0 Å². The minimum atomic E-state index is -0.324. The molecule has 1 aromatic carbocycles. The van der Waals surface area contributed by atoms with E-state index in [-0.39, 0.29) is 18.1 Å².